The summed E-state index contributed by atoms with van der Waals surface area (Å²) >= 11 is 5.45. The van der Waals surface area contributed by atoms with Crippen LogP contribution in [0.1, 0.15) is 30.0 Å². The van der Waals surface area contributed by atoms with Crippen LogP contribution in [0.3, 0.4) is 0 Å². The third-order valence-electron chi connectivity index (χ3n) is 2.88. The molecule has 0 heterocycles. The molecule has 1 atom stereocenters. The van der Waals surface area contributed by atoms with Crippen molar-refractivity contribution in [1.82, 2.24) is 5.32 Å². The maximum atomic E-state index is 13.0. The molecule has 2 rings (SSSR count). The fraction of sp³-hybridized carbons (Fsp3) is 0.417. The maximum Gasteiger partial charge on any atom is 0.235 e. The lowest BCUT2D eigenvalue weighted by molar-refractivity contribution is -0.119. The number of aryl methyl sites for hydroxylation is 1. The molecule has 0 fully saturated rings. The number of carbonyl (C=O) groups excluding carboxylic acids is 1. The van der Waals surface area contributed by atoms with Crippen LogP contribution >= 0.6 is 11.6 Å². The lowest BCUT2D eigenvalue weighted by Crippen LogP contribution is -2.31. The molecule has 0 spiro atoms. The van der Waals surface area contributed by atoms with Gasteiger partial charge in [-0.2, -0.15) is 0 Å². The van der Waals surface area contributed by atoms with Crippen molar-refractivity contribution < 1.29 is 9.18 Å². The minimum Gasteiger partial charge on any atom is -0.348 e. The van der Waals surface area contributed by atoms with Crippen molar-refractivity contribution in [2.24, 2.45) is 0 Å². The van der Waals surface area contributed by atoms with Crippen molar-refractivity contribution in [2.75, 3.05) is 5.88 Å². The zero-order valence-corrected chi connectivity index (χ0v) is 9.56. The number of carbonyl (C=O) groups is 1. The van der Waals surface area contributed by atoms with Gasteiger partial charge in [0.2, 0.25) is 5.91 Å². The molecule has 0 unspecified atom stereocenters. The fourth-order valence-electron chi connectivity index (χ4n) is 2.17. The third kappa shape index (κ3) is 2.35. The lowest BCUT2D eigenvalue weighted by atomic mass is 9.87. The van der Waals surface area contributed by atoms with Crippen LogP contribution in [0.25, 0.3) is 0 Å². The average Bonchev–Trinajstić information content (AvgIpc) is 2.28. The number of amides is 1. The fourth-order valence-corrected chi connectivity index (χ4v) is 2.24. The molecule has 0 bridgehead atoms. The Hall–Kier alpha value is -1.09. The van der Waals surface area contributed by atoms with Gasteiger partial charge >= 0.3 is 0 Å². The second kappa shape index (κ2) is 4.83. The zero-order chi connectivity index (χ0) is 11.5. The molecule has 1 aliphatic carbocycles. The van der Waals surface area contributed by atoms with E-state index in [0.29, 0.717) is 0 Å². The van der Waals surface area contributed by atoms with Crippen LogP contribution in [0, 0.1) is 5.82 Å². The van der Waals surface area contributed by atoms with Crippen molar-refractivity contribution in [3.05, 3.63) is 35.1 Å². The molecule has 0 aliphatic heterocycles. The van der Waals surface area contributed by atoms with Gasteiger partial charge in [-0.3, -0.25) is 4.79 Å². The highest BCUT2D eigenvalue weighted by Gasteiger charge is 2.21. The Morgan fingerprint density at radius 2 is 2.38 bits per heavy atom. The second-order valence-corrected chi connectivity index (χ2v) is 4.26. The van der Waals surface area contributed by atoms with E-state index in [1.807, 2.05) is 0 Å². The normalized spacial score (nSPS) is 19.0. The van der Waals surface area contributed by atoms with Crippen molar-refractivity contribution >= 4 is 17.5 Å². The third-order valence-corrected chi connectivity index (χ3v) is 3.12. The van der Waals surface area contributed by atoms with E-state index < -0.39 is 0 Å². The predicted octanol–water partition coefficient (Wildman–Crippen LogP) is 2.56. The molecule has 86 valence electrons. The number of alkyl halides is 1. The molecule has 0 saturated heterocycles. The number of fused-ring (bicyclic) bond motifs is 1. The molecular weight excluding hydrogens is 229 g/mol. The minimum atomic E-state index is -0.219. The average molecular weight is 242 g/mol. The van der Waals surface area contributed by atoms with Gasteiger partial charge in [0.25, 0.3) is 0 Å². The largest absolute Gasteiger partial charge is 0.348 e. The first kappa shape index (κ1) is 11.4. The first-order chi connectivity index (χ1) is 7.70. The van der Waals surface area contributed by atoms with Gasteiger partial charge in [0, 0.05) is 0 Å². The van der Waals surface area contributed by atoms with Gasteiger partial charge in [0.15, 0.2) is 0 Å². The van der Waals surface area contributed by atoms with Gasteiger partial charge in [0.05, 0.1) is 6.04 Å². The molecule has 0 saturated carbocycles. The molecule has 1 aromatic rings. The number of hydrogen-bond donors (Lipinski definition) is 1. The van der Waals surface area contributed by atoms with Crippen molar-refractivity contribution in [3.8, 4) is 0 Å². The summed E-state index contributed by atoms with van der Waals surface area (Å²) in [6.45, 7) is 0. The molecule has 0 aromatic heterocycles. The van der Waals surface area contributed by atoms with Gasteiger partial charge in [-0.1, -0.05) is 6.07 Å². The standard InChI is InChI=1S/C12H13ClFNO/c13-7-12(16)15-11-3-1-2-8-6-9(14)4-5-10(8)11/h4-6,11H,1-3,7H2,(H,15,16)/t11-/m0/s1. The smallest absolute Gasteiger partial charge is 0.235 e. The summed E-state index contributed by atoms with van der Waals surface area (Å²) in [4.78, 5) is 11.2. The first-order valence-corrected chi connectivity index (χ1v) is 5.88. The Morgan fingerprint density at radius 3 is 3.12 bits per heavy atom. The van der Waals surface area contributed by atoms with Crippen LogP contribution in [0.2, 0.25) is 0 Å². The van der Waals surface area contributed by atoms with Crippen molar-refractivity contribution in [1.29, 1.82) is 0 Å². The van der Waals surface area contributed by atoms with Gasteiger partial charge in [0.1, 0.15) is 11.7 Å². The van der Waals surface area contributed by atoms with Crippen LogP contribution < -0.4 is 5.32 Å². The molecule has 16 heavy (non-hydrogen) atoms. The summed E-state index contributed by atoms with van der Waals surface area (Å²) in [5, 5.41) is 2.85. The van der Waals surface area contributed by atoms with Crippen LogP contribution in [-0.2, 0) is 11.2 Å². The molecule has 1 aliphatic rings. The number of halogens is 2. The Bertz CT molecular complexity index is 408. The van der Waals surface area contributed by atoms with Crippen LogP contribution in [0.15, 0.2) is 18.2 Å². The SMILES string of the molecule is O=C(CCl)N[C@H]1CCCc2cc(F)ccc21. The van der Waals surface area contributed by atoms with E-state index in [1.165, 1.54) is 6.07 Å². The van der Waals surface area contributed by atoms with E-state index in [2.05, 4.69) is 5.32 Å². The topological polar surface area (TPSA) is 29.1 Å². The molecule has 1 N–H and O–H groups in total. The highest BCUT2D eigenvalue weighted by atomic mass is 35.5. The predicted molar refractivity (Wildman–Crippen MR) is 60.9 cm³/mol. The van der Waals surface area contributed by atoms with Crippen LogP contribution in [-0.4, -0.2) is 11.8 Å². The molecule has 0 radical (unpaired) electrons. The van der Waals surface area contributed by atoms with E-state index in [1.54, 1.807) is 12.1 Å². The van der Waals surface area contributed by atoms with Gasteiger partial charge < -0.3 is 5.32 Å². The van der Waals surface area contributed by atoms with Crippen LogP contribution in [0.4, 0.5) is 4.39 Å². The monoisotopic (exact) mass is 241 g/mol. The Kier molecular flexibility index (Phi) is 3.44. The maximum absolute atomic E-state index is 13.0. The second-order valence-electron chi connectivity index (χ2n) is 3.99. The summed E-state index contributed by atoms with van der Waals surface area (Å²) in [7, 11) is 0. The lowest BCUT2D eigenvalue weighted by Gasteiger charge is -2.26. The highest BCUT2D eigenvalue weighted by molar-refractivity contribution is 6.27. The van der Waals surface area contributed by atoms with E-state index in [-0.39, 0.29) is 23.6 Å². The van der Waals surface area contributed by atoms with Crippen molar-refractivity contribution in [3.63, 3.8) is 0 Å². The summed E-state index contributed by atoms with van der Waals surface area (Å²) < 4.78 is 13.0. The summed E-state index contributed by atoms with van der Waals surface area (Å²) in [6, 6.07) is 4.72. The quantitative estimate of drug-likeness (QED) is 0.793. The zero-order valence-electron chi connectivity index (χ0n) is 8.80. The number of nitrogens with one attached hydrogen (secondary N) is 1. The van der Waals surface area contributed by atoms with Gasteiger partial charge in [-0.05, 0) is 42.5 Å². The highest BCUT2D eigenvalue weighted by Crippen LogP contribution is 2.30. The Labute approximate surface area is 98.8 Å². The molecule has 1 amide bonds. The van der Waals surface area contributed by atoms with E-state index in [0.717, 1.165) is 30.4 Å². The summed E-state index contributed by atoms with van der Waals surface area (Å²) in [5.41, 5.74) is 2.01. The van der Waals surface area contributed by atoms with Crippen LogP contribution in [0.5, 0.6) is 0 Å². The van der Waals surface area contributed by atoms with E-state index in [4.69, 9.17) is 11.6 Å². The Morgan fingerprint density at radius 1 is 1.56 bits per heavy atom. The van der Waals surface area contributed by atoms with Crippen molar-refractivity contribution in [2.45, 2.75) is 25.3 Å². The summed E-state index contributed by atoms with van der Waals surface area (Å²) in [6.07, 6.45) is 2.73. The number of hydrogen-bond acceptors (Lipinski definition) is 1. The Balaban J connectivity index is 2.23. The van der Waals surface area contributed by atoms with Gasteiger partial charge in [-0.25, -0.2) is 4.39 Å². The molecule has 2 nitrogen and oxygen atoms in total. The number of benzene rings is 1. The van der Waals surface area contributed by atoms with Gasteiger partial charge in [-0.15, -0.1) is 11.6 Å². The summed E-state index contributed by atoms with van der Waals surface area (Å²) in [5.74, 6) is -0.431. The number of rotatable bonds is 2. The minimum absolute atomic E-state index is 0.0180. The molecule has 1 aromatic carbocycles. The molecule has 4 heteroatoms. The van der Waals surface area contributed by atoms with E-state index in [9.17, 15) is 9.18 Å². The van der Waals surface area contributed by atoms with E-state index >= 15 is 0 Å². The first-order valence-electron chi connectivity index (χ1n) is 5.34. The molecular formula is C12H13ClFNO.